The Morgan fingerprint density at radius 1 is 1.07 bits per heavy atom. The molecule has 0 unspecified atom stereocenters. The quantitative estimate of drug-likeness (QED) is 0.609. The fourth-order valence-corrected chi connectivity index (χ4v) is 4.42. The molecule has 2 aliphatic rings. The summed E-state index contributed by atoms with van der Waals surface area (Å²) >= 11 is 0. The summed E-state index contributed by atoms with van der Waals surface area (Å²) in [5.41, 5.74) is 3.03. The van der Waals surface area contributed by atoms with E-state index in [1.54, 1.807) is 0 Å². The van der Waals surface area contributed by atoms with Gasteiger partial charge in [0.05, 0.1) is 0 Å². The highest BCUT2D eigenvalue weighted by Crippen LogP contribution is 2.50. The van der Waals surface area contributed by atoms with Crippen molar-refractivity contribution in [1.82, 2.24) is 0 Å². The molecule has 29 heavy (non-hydrogen) atoms. The lowest BCUT2D eigenvalue weighted by Crippen LogP contribution is -2.32. The first-order chi connectivity index (χ1) is 13.6. The van der Waals surface area contributed by atoms with E-state index in [4.69, 9.17) is 0 Å². The summed E-state index contributed by atoms with van der Waals surface area (Å²) < 4.78 is 0. The van der Waals surface area contributed by atoms with Crippen LogP contribution in [0.3, 0.4) is 0 Å². The molecule has 0 saturated heterocycles. The number of fused-ring (bicyclic) bond motifs is 1. The Balaban J connectivity index is 2.47. The molecule has 0 aromatic rings. The molecule has 0 aromatic carbocycles. The Hall–Kier alpha value is -1.94. The third kappa shape index (κ3) is 5.16. The number of carbonyl (C=O) groups excluding carboxylic acids is 2. The molecule has 0 amide bonds. The van der Waals surface area contributed by atoms with Crippen LogP contribution in [0.2, 0.25) is 0 Å². The van der Waals surface area contributed by atoms with E-state index >= 15 is 0 Å². The maximum Gasteiger partial charge on any atom is 0.203 e. The van der Waals surface area contributed by atoms with Crippen molar-refractivity contribution >= 4 is 11.6 Å². The largest absolute Gasteiger partial charge is 0.504 e. The molecule has 4 nitrogen and oxygen atoms in total. The van der Waals surface area contributed by atoms with E-state index in [0.29, 0.717) is 30.4 Å². The van der Waals surface area contributed by atoms with Crippen LogP contribution in [0.5, 0.6) is 0 Å². The van der Waals surface area contributed by atoms with Gasteiger partial charge in [0, 0.05) is 30.3 Å². The van der Waals surface area contributed by atoms with Crippen LogP contribution in [-0.4, -0.2) is 28.4 Å². The van der Waals surface area contributed by atoms with E-state index in [-0.39, 0.29) is 35.8 Å². The Labute approximate surface area is 175 Å². The van der Waals surface area contributed by atoms with E-state index in [0.717, 1.165) is 19.3 Å². The van der Waals surface area contributed by atoms with Crippen molar-refractivity contribution in [3.8, 4) is 0 Å². The summed E-state index contributed by atoms with van der Waals surface area (Å²) in [5.74, 6) is -0.845. The van der Waals surface area contributed by atoms with Gasteiger partial charge in [-0.25, -0.2) is 0 Å². The minimum Gasteiger partial charge on any atom is -0.504 e. The van der Waals surface area contributed by atoms with Gasteiger partial charge in [-0.15, -0.1) is 0 Å². The predicted octanol–water partition coefficient (Wildman–Crippen LogP) is 5.39. The first kappa shape index (κ1) is 23.3. The first-order valence-electron chi connectivity index (χ1n) is 10.7. The Morgan fingerprint density at radius 2 is 1.72 bits per heavy atom. The van der Waals surface area contributed by atoms with Crippen molar-refractivity contribution in [1.29, 1.82) is 0 Å². The summed E-state index contributed by atoms with van der Waals surface area (Å²) in [6, 6.07) is 0. The van der Waals surface area contributed by atoms with E-state index < -0.39 is 5.41 Å². The van der Waals surface area contributed by atoms with E-state index in [9.17, 15) is 19.8 Å². The second-order valence-corrected chi connectivity index (χ2v) is 9.08. The molecule has 3 atom stereocenters. The minimum absolute atomic E-state index is 0.123. The van der Waals surface area contributed by atoms with Gasteiger partial charge in [0.1, 0.15) is 0 Å². The molecule has 160 valence electrons. The lowest BCUT2D eigenvalue weighted by Gasteiger charge is -2.32. The van der Waals surface area contributed by atoms with Crippen LogP contribution in [0.1, 0.15) is 73.1 Å². The molecule has 2 rings (SSSR count). The van der Waals surface area contributed by atoms with Gasteiger partial charge in [-0.1, -0.05) is 43.2 Å². The second kappa shape index (κ2) is 9.71. The summed E-state index contributed by atoms with van der Waals surface area (Å²) in [7, 11) is 0. The number of rotatable bonds is 2. The molecule has 0 heterocycles. The van der Waals surface area contributed by atoms with Crippen LogP contribution >= 0.6 is 0 Å². The number of carbonyl (C=O) groups is 2. The zero-order valence-electron chi connectivity index (χ0n) is 18.5. The Morgan fingerprint density at radius 3 is 2.38 bits per heavy atom. The van der Waals surface area contributed by atoms with Gasteiger partial charge >= 0.3 is 0 Å². The average Bonchev–Trinajstić information content (AvgIpc) is 2.88. The van der Waals surface area contributed by atoms with Gasteiger partial charge in [-0.3, -0.25) is 9.59 Å². The average molecular weight is 401 g/mol. The van der Waals surface area contributed by atoms with E-state index in [2.05, 4.69) is 26.0 Å². The SMILES string of the molecule is C/C1=C\C[C@]2(C)C(=O)C(O)=C([C@H](C)CO)[C@H]2C/C=C(\C)C(=O)CC/C(C)=C/CC1. The van der Waals surface area contributed by atoms with Gasteiger partial charge < -0.3 is 10.2 Å². The summed E-state index contributed by atoms with van der Waals surface area (Å²) in [6.45, 7) is 9.60. The molecular weight excluding hydrogens is 364 g/mol. The van der Waals surface area contributed by atoms with Crippen molar-refractivity contribution in [3.05, 3.63) is 46.3 Å². The smallest absolute Gasteiger partial charge is 0.203 e. The van der Waals surface area contributed by atoms with Gasteiger partial charge in [-0.2, -0.15) is 0 Å². The number of hydrogen-bond acceptors (Lipinski definition) is 4. The third-order valence-corrected chi connectivity index (χ3v) is 6.71. The second-order valence-electron chi connectivity index (χ2n) is 9.08. The minimum atomic E-state index is -0.768. The van der Waals surface area contributed by atoms with Crippen LogP contribution in [0.15, 0.2) is 46.3 Å². The fourth-order valence-electron chi connectivity index (χ4n) is 4.42. The zero-order valence-corrected chi connectivity index (χ0v) is 18.5. The highest BCUT2D eigenvalue weighted by Gasteiger charge is 2.51. The number of aliphatic hydroxyl groups is 2. The topological polar surface area (TPSA) is 74.6 Å². The molecule has 2 N–H and O–H groups in total. The molecule has 0 radical (unpaired) electrons. The summed E-state index contributed by atoms with van der Waals surface area (Å²) in [6.07, 6.45) is 10.4. The lowest BCUT2D eigenvalue weighted by atomic mass is 9.70. The number of Topliss-reactive ketones (excluding diaryl/α,β-unsaturated/α-hetero) is 2. The molecular formula is C25H36O4. The number of ketones is 2. The third-order valence-electron chi connectivity index (χ3n) is 6.71. The first-order valence-corrected chi connectivity index (χ1v) is 10.7. The van der Waals surface area contributed by atoms with Crippen molar-refractivity contribution in [2.24, 2.45) is 17.3 Å². The molecule has 0 spiro atoms. The monoisotopic (exact) mass is 400 g/mol. The number of aliphatic hydroxyl groups excluding tert-OH is 2. The van der Waals surface area contributed by atoms with Crippen molar-refractivity contribution in [2.75, 3.05) is 6.61 Å². The Bertz CT molecular complexity index is 781. The van der Waals surface area contributed by atoms with Crippen molar-refractivity contribution in [2.45, 2.75) is 73.1 Å². The lowest BCUT2D eigenvalue weighted by molar-refractivity contribution is -0.126. The van der Waals surface area contributed by atoms with Crippen LogP contribution in [0.4, 0.5) is 0 Å². The zero-order chi connectivity index (χ0) is 21.8. The van der Waals surface area contributed by atoms with Gasteiger partial charge in [0.2, 0.25) is 5.78 Å². The van der Waals surface area contributed by atoms with Gasteiger partial charge in [0.25, 0.3) is 0 Å². The number of allylic oxidation sites excluding steroid dienone is 7. The van der Waals surface area contributed by atoms with Crippen LogP contribution in [-0.2, 0) is 9.59 Å². The van der Waals surface area contributed by atoms with Crippen LogP contribution in [0.25, 0.3) is 0 Å². The van der Waals surface area contributed by atoms with Crippen molar-refractivity contribution < 1.29 is 19.8 Å². The maximum atomic E-state index is 13.1. The summed E-state index contributed by atoms with van der Waals surface area (Å²) in [4.78, 5) is 25.6. The molecule has 0 aliphatic heterocycles. The van der Waals surface area contributed by atoms with Gasteiger partial charge in [-0.05, 0) is 64.0 Å². The van der Waals surface area contributed by atoms with Crippen molar-refractivity contribution in [3.63, 3.8) is 0 Å². The molecule has 0 saturated carbocycles. The van der Waals surface area contributed by atoms with Crippen LogP contribution in [0, 0.1) is 17.3 Å². The van der Waals surface area contributed by atoms with E-state index in [1.165, 1.54) is 11.1 Å². The summed E-state index contributed by atoms with van der Waals surface area (Å²) in [5, 5.41) is 20.3. The molecule has 0 bridgehead atoms. The maximum absolute atomic E-state index is 13.1. The number of hydrogen-bond donors (Lipinski definition) is 2. The molecule has 0 aromatic heterocycles. The van der Waals surface area contributed by atoms with Crippen LogP contribution < -0.4 is 0 Å². The normalized spacial score (nSPS) is 34.1. The molecule has 4 heteroatoms. The highest BCUT2D eigenvalue weighted by atomic mass is 16.3. The predicted molar refractivity (Wildman–Crippen MR) is 116 cm³/mol. The Kier molecular flexibility index (Phi) is 7.81. The fraction of sp³-hybridized carbons (Fsp3) is 0.600. The molecule has 2 aliphatic carbocycles. The molecule has 0 fully saturated rings. The van der Waals surface area contributed by atoms with E-state index in [1.807, 2.05) is 26.8 Å². The van der Waals surface area contributed by atoms with Gasteiger partial charge in [0.15, 0.2) is 11.5 Å². The standard InChI is InChI=1S/C25H36O4/c1-16-7-6-8-17(2)13-14-25(5)20(11-10-18(3)21(27)12-9-16)22(19(4)15-26)23(28)24(25)29/h7,10,13,19-20,26,28H,6,8-9,11-12,14-15H2,1-5H3/b16-7+,17-13+,18-10+/t19-,20-,25+/m1/s1. The highest BCUT2D eigenvalue weighted by molar-refractivity contribution is 6.02.